The van der Waals surface area contributed by atoms with Gasteiger partial charge in [0.15, 0.2) is 9.84 Å². The number of aromatic nitrogens is 1. The summed E-state index contributed by atoms with van der Waals surface area (Å²) in [6.07, 6.45) is 3.99. The third-order valence-corrected chi connectivity index (χ3v) is 7.31. The number of carbonyl (C=O) groups is 1. The van der Waals surface area contributed by atoms with Gasteiger partial charge in [-0.3, -0.25) is 4.79 Å². The molecule has 1 unspecified atom stereocenters. The largest absolute Gasteiger partial charge is 0.334 e. The van der Waals surface area contributed by atoms with Gasteiger partial charge >= 0.3 is 0 Å². The lowest BCUT2D eigenvalue weighted by molar-refractivity contribution is 0.0601. The number of hydrogen-bond acceptors (Lipinski definition) is 4. The highest BCUT2D eigenvalue weighted by Crippen LogP contribution is 2.27. The molecule has 0 spiro atoms. The molecule has 1 atom stereocenters. The van der Waals surface area contributed by atoms with Crippen molar-refractivity contribution in [1.29, 1.82) is 0 Å². The number of rotatable bonds is 5. The Morgan fingerprint density at radius 3 is 2.71 bits per heavy atom. The highest BCUT2D eigenvalue weighted by Gasteiger charge is 2.27. The number of sulfone groups is 1. The van der Waals surface area contributed by atoms with E-state index < -0.39 is 9.84 Å². The molecule has 5 nitrogen and oxygen atoms in total. The van der Waals surface area contributed by atoms with Crippen LogP contribution in [0.1, 0.15) is 48.8 Å². The molecular weight excluding hydrogens is 419 g/mol. The van der Waals surface area contributed by atoms with Crippen LogP contribution in [0.25, 0.3) is 0 Å². The number of pyridine rings is 1. The SMILES string of the molecule is CCC1CCCCN1C(=O)c1cccc(CS(=O)(=O)c2ccc(Cl)cc2Cl)n1. The summed E-state index contributed by atoms with van der Waals surface area (Å²) < 4.78 is 25.5. The first kappa shape index (κ1) is 21.1. The molecule has 8 heteroatoms. The lowest BCUT2D eigenvalue weighted by atomic mass is 9.99. The molecule has 2 aromatic rings. The summed E-state index contributed by atoms with van der Waals surface area (Å²) in [6.45, 7) is 2.78. The van der Waals surface area contributed by atoms with Gasteiger partial charge in [0.25, 0.3) is 5.91 Å². The molecule has 1 saturated heterocycles. The van der Waals surface area contributed by atoms with E-state index >= 15 is 0 Å². The second-order valence-corrected chi connectivity index (χ2v) is 9.71. The Morgan fingerprint density at radius 1 is 1.21 bits per heavy atom. The fourth-order valence-electron chi connectivity index (χ4n) is 3.52. The molecule has 0 radical (unpaired) electrons. The number of hydrogen-bond donors (Lipinski definition) is 0. The van der Waals surface area contributed by atoms with Crippen molar-refractivity contribution in [3.05, 3.63) is 57.8 Å². The number of halogens is 2. The van der Waals surface area contributed by atoms with Gasteiger partial charge in [-0.2, -0.15) is 0 Å². The number of amides is 1. The van der Waals surface area contributed by atoms with Crippen LogP contribution in [0.15, 0.2) is 41.3 Å². The van der Waals surface area contributed by atoms with Crippen LogP contribution in [0.2, 0.25) is 10.0 Å². The van der Waals surface area contributed by atoms with Crippen molar-refractivity contribution in [1.82, 2.24) is 9.88 Å². The molecule has 1 aromatic heterocycles. The summed E-state index contributed by atoms with van der Waals surface area (Å²) in [5.41, 5.74) is 0.581. The van der Waals surface area contributed by atoms with Crippen molar-refractivity contribution in [2.75, 3.05) is 6.54 Å². The van der Waals surface area contributed by atoms with Crippen LogP contribution >= 0.6 is 23.2 Å². The van der Waals surface area contributed by atoms with Gasteiger partial charge in [0, 0.05) is 17.6 Å². The van der Waals surface area contributed by atoms with Crippen LogP contribution in [-0.2, 0) is 15.6 Å². The van der Waals surface area contributed by atoms with Gasteiger partial charge in [0.1, 0.15) is 5.69 Å². The van der Waals surface area contributed by atoms with Gasteiger partial charge in [0.05, 0.1) is 21.4 Å². The average Bonchev–Trinajstić information content (AvgIpc) is 2.67. The van der Waals surface area contributed by atoms with Gasteiger partial charge in [-0.05, 0) is 56.0 Å². The minimum Gasteiger partial charge on any atom is -0.334 e. The zero-order valence-corrected chi connectivity index (χ0v) is 17.9. The first-order valence-electron chi connectivity index (χ1n) is 9.26. The fraction of sp³-hybridized carbons (Fsp3) is 0.400. The summed E-state index contributed by atoms with van der Waals surface area (Å²) in [5, 5.41) is 0.431. The van der Waals surface area contributed by atoms with E-state index in [1.54, 1.807) is 18.2 Å². The molecule has 0 aliphatic carbocycles. The van der Waals surface area contributed by atoms with Crippen molar-refractivity contribution < 1.29 is 13.2 Å². The zero-order chi connectivity index (χ0) is 20.3. The van der Waals surface area contributed by atoms with Crippen LogP contribution in [-0.4, -0.2) is 36.8 Å². The van der Waals surface area contributed by atoms with E-state index in [0.29, 0.717) is 17.3 Å². The first-order valence-corrected chi connectivity index (χ1v) is 11.7. The summed E-state index contributed by atoms with van der Waals surface area (Å²) in [7, 11) is -3.72. The van der Waals surface area contributed by atoms with Gasteiger partial charge in [-0.25, -0.2) is 13.4 Å². The average molecular weight is 441 g/mol. The highest BCUT2D eigenvalue weighted by atomic mass is 35.5. The smallest absolute Gasteiger partial charge is 0.272 e. The Labute approximate surface area is 175 Å². The molecule has 150 valence electrons. The zero-order valence-electron chi connectivity index (χ0n) is 15.6. The molecule has 1 fully saturated rings. The molecule has 0 saturated carbocycles. The van der Waals surface area contributed by atoms with Crippen molar-refractivity contribution in [2.45, 2.75) is 49.3 Å². The van der Waals surface area contributed by atoms with Crippen molar-refractivity contribution in [3.8, 4) is 0 Å². The topological polar surface area (TPSA) is 67.3 Å². The van der Waals surface area contributed by atoms with E-state index in [-0.39, 0.29) is 33.3 Å². The third kappa shape index (κ3) is 4.67. The maximum atomic E-state index is 12.9. The van der Waals surface area contributed by atoms with E-state index in [2.05, 4.69) is 11.9 Å². The predicted molar refractivity (Wildman–Crippen MR) is 111 cm³/mol. The minimum absolute atomic E-state index is 0.000765. The number of benzene rings is 1. The predicted octanol–water partition coefficient (Wildman–Crippen LogP) is 4.77. The van der Waals surface area contributed by atoms with E-state index in [9.17, 15) is 13.2 Å². The molecule has 2 heterocycles. The van der Waals surface area contributed by atoms with Gasteiger partial charge in [0.2, 0.25) is 0 Å². The van der Waals surface area contributed by atoms with E-state index in [0.717, 1.165) is 25.7 Å². The Balaban J connectivity index is 1.84. The quantitative estimate of drug-likeness (QED) is 0.671. The second-order valence-electron chi connectivity index (χ2n) is 6.90. The normalized spacial score (nSPS) is 17.5. The van der Waals surface area contributed by atoms with Crippen molar-refractivity contribution >= 4 is 38.9 Å². The molecule has 1 amide bonds. The van der Waals surface area contributed by atoms with Crippen LogP contribution in [0.3, 0.4) is 0 Å². The maximum Gasteiger partial charge on any atom is 0.272 e. The Bertz CT molecular complexity index is 979. The molecular formula is C20H22Cl2N2O3S. The molecule has 1 aliphatic rings. The first-order chi connectivity index (χ1) is 13.3. The second kappa shape index (κ2) is 8.80. The van der Waals surface area contributed by atoms with Gasteiger partial charge in [-0.15, -0.1) is 0 Å². The van der Waals surface area contributed by atoms with E-state index in [1.165, 1.54) is 18.2 Å². The van der Waals surface area contributed by atoms with Crippen molar-refractivity contribution in [2.24, 2.45) is 0 Å². The molecule has 1 aliphatic heterocycles. The Kier molecular flexibility index (Phi) is 6.63. The fourth-order valence-corrected chi connectivity index (χ4v) is 5.62. The minimum atomic E-state index is -3.72. The summed E-state index contributed by atoms with van der Waals surface area (Å²) in [4.78, 5) is 19.1. The van der Waals surface area contributed by atoms with Gasteiger partial charge in [-0.1, -0.05) is 36.2 Å². The van der Waals surface area contributed by atoms with Crippen LogP contribution in [0.4, 0.5) is 0 Å². The summed E-state index contributed by atoms with van der Waals surface area (Å²) in [6, 6.07) is 9.37. The van der Waals surface area contributed by atoms with Gasteiger partial charge < -0.3 is 4.90 Å². The number of likely N-dealkylation sites (tertiary alicyclic amines) is 1. The van der Waals surface area contributed by atoms with Crippen LogP contribution in [0, 0.1) is 0 Å². The molecule has 0 N–H and O–H groups in total. The standard InChI is InChI=1S/C20H22Cl2N2O3S/c1-2-16-7-3-4-11-24(16)20(25)18-8-5-6-15(23-18)13-28(26,27)19-10-9-14(21)12-17(19)22/h5-6,8-10,12,16H,2-4,7,11,13H2,1H3. The monoisotopic (exact) mass is 440 g/mol. The third-order valence-electron chi connectivity index (χ3n) is 4.95. The Morgan fingerprint density at radius 2 is 2.00 bits per heavy atom. The molecule has 0 bridgehead atoms. The molecule has 3 rings (SSSR count). The summed E-state index contributed by atoms with van der Waals surface area (Å²) in [5.74, 6) is -0.484. The molecule has 28 heavy (non-hydrogen) atoms. The molecule has 1 aromatic carbocycles. The summed E-state index contributed by atoms with van der Waals surface area (Å²) >= 11 is 11.9. The number of piperidine rings is 1. The maximum absolute atomic E-state index is 12.9. The van der Waals surface area contributed by atoms with Crippen LogP contribution < -0.4 is 0 Å². The lowest BCUT2D eigenvalue weighted by Gasteiger charge is -2.35. The number of nitrogens with zero attached hydrogens (tertiary/aromatic N) is 2. The van der Waals surface area contributed by atoms with E-state index in [4.69, 9.17) is 23.2 Å². The van der Waals surface area contributed by atoms with Crippen molar-refractivity contribution in [3.63, 3.8) is 0 Å². The highest BCUT2D eigenvalue weighted by molar-refractivity contribution is 7.90. The lowest BCUT2D eigenvalue weighted by Crippen LogP contribution is -2.43. The van der Waals surface area contributed by atoms with E-state index in [1.807, 2.05) is 4.90 Å². The number of carbonyl (C=O) groups excluding carboxylic acids is 1. The van der Waals surface area contributed by atoms with Crippen LogP contribution in [0.5, 0.6) is 0 Å². The Hall–Kier alpha value is -1.63.